The summed E-state index contributed by atoms with van der Waals surface area (Å²) in [4.78, 5) is 7.07. The zero-order valence-corrected chi connectivity index (χ0v) is 18.4. The van der Waals surface area contributed by atoms with Gasteiger partial charge in [0.2, 0.25) is 0 Å². The number of aryl methyl sites for hydroxylation is 1. The summed E-state index contributed by atoms with van der Waals surface area (Å²) in [7, 11) is 3.70. The highest BCUT2D eigenvalue weighted by Crippen LogP contribution is 2.48. The van der Waals surface area contributed by atoms with E-state index in [9.17, 15) is 5.11 Å². The Kier molecular flexibility index (Phi) is 5.32. The molecule has 1 aromatic heterocycles. The van der Waals surface area contributed by atoms with E-state index in [2.05, 4.69) is 46.3 Å². The fourth-order valence-corrected chi connectivity index (χ4v) is 5.70. The van der Waals surface area contributed by atoms with Crippen LogP contribution in [0.5, 0.6) is 5.75 Å². The fourth-order valence-electron chi connectivity index (χ4n) is 5.70. The van der Waals surface area contributed by atoms with Crippen LogP contribution in [0.3, 0.4) is 0 Å². The van der Waals surface area contributed by atoms with Gasteiger partial charge in [0, 0.05) is 50.9 Å². The zero-order chi connectivity index (χ0) is 21.4. The van der Waals surface area contributed by atoms with Gasteiger partial charge in [0.1, 0.15) is 17.2 Å². The van der Waals surface area contributed by atoms with Crippen LogP contribution in [0.4, 0.5) is 0 Å². The van der Waals surface area contributed by atoms with Gasteiger partial charge >= 0.3 is 0 Å². The largest absolute Gasteiger partial charge is 0.497 e. The molecule has 0 radical (unpaired) electrons. The van der Waals surface area contributed by atoms with Gasteiger partial charge in [-0.2, -0.15) is 0 Å². The molecule has 1 saturated heterocycles. The average Bonchev–Trinajstić information content (AvgIpc) is 3.21. The van der Waals surface area contributed by atoms with E-state index in [0.717, 1.165) is 44.0 Å². The Morgan fingerprint density at radius 1 is 1.06 bits per heavy atom. The molecule has 3 aromatic rings. The van der Waals surface area contributed by atoms with Crippen molar-refractivity contribution in [2.45, 2.75) is 31.4 Å². The number of piperidine rings is 1. The Morgan fingerprint density at radius 3 is 2.45 bits per heavy atom. The lowest BCUT2D eigenvalue weighted by Gasteiger charge is -2.52. The van der Waals surface area contributed by atoms with Crippen molar-refractivity contribution in [2.75, 3.05) is 20.2 Å². The molecule has 5 rings (SSSR count). The van der Waals surface area contributed by atoms with Crippen molar-refractivity contribution >= 4 is 0 Å². The molecular formula is C26H31N3O2. The molecular weight excluding hydrogens is 386 g/mol. The Labute approximate surface area is 184 Å². The first-order chi connectivity index (χ1) is 15.1. The average molecular weight is 418 g/mol. The highest BCUT2D eigenvalue weighted by atomic mass is 16.5. The summed E-state index contributed by atoms with van der Waals surface area (Å²) < 4.78 is 7.39. The number of hydrogen-bond donors (Lipinski definition) is 1. The first-order valence-electron chi connectivity index (χ1n) is 11.2. The topological polar surface area (TPSA) is 50.5 Å². The van der Waals surface area contributed by atoms with Crippen molar-refractivity contribution in [1.82, 2.24) is 14.5 Å². The highest BCUT2D eigenvalue weighted by molar-refractivity contribution is 5.65. The van der Waals surface area contributed by atoms with Crippen LogP contribution >= 0.6 is 0 Å². The second kappa shape index (κ2) is 8.13. The van der Waals surface area contributed by atoms with Gasteiger partial charge < -0.3 is 14.4 Å². The maximum Gasteiger partial charge on any atom is 0.141 e. The number of fused-ring (bicyclic) bond motifs is 2. The van der Waals surface area contributed by atoms with E-state index in [1.165, 1.54) is 23.1 Å². The fraction of sp³-hybridized carbons (Fsp3) is 0.423. The predicted molar refractivity (Wildman–Crippen MR) is 122 cm³/mol. The van der Waals surface area contributed by atoms with E-state index in [-0.39, 0.29) is 11.8 Å². The molecule has 2 aliphatic rings. The second-order valence-corrected chi connectivity index (χ2v) is 9.14. The van der Waals surface area contributed by atoms with E-state index in [4.69, 9.17) is 4.74 Å². The third-order valence-corrected chi connectivity index (χ3v) is 7.22. The van der Waals surface area contributed by atoms with Gasteiger partial charge in [-0.1, -0.05) is 36.8 Å². The standard InChI is InChI=1S/C26H31N3O2/c1-28-13-12-27-25(28)26(30)22-9-5-10-23(26)18-29(17-22)16-19-6-3-7-20(14-19)21-8-4-11-24(15-21)31-2/h3-4,6-8,11-15,22-23,30H,5,9-10,16-18H2,1-2H3/t22-,23-/m0/s1. The molecule has 1 saturated carbocycles. The van der Waals surface area contributed by atoms with E-state index < -0.39 is 5.60 Å². The third-order valence-electron chi connectivity index (χ3n) is 7.22. The molecule has 2 aromatic carbocycles. The third kappa shape index (κ3) is 3.66. The van der Waals surface area contributed by atoms with Crippen molar-refractivity contribution < 1.29 is 9.84 Å². The molecule has 2 heterocycles. The lowest BCUT2D eigenvalue weighted by atomic mass is 9.65. The van der Waals surface area contributed by atoms with Crippen LogP contribution in [0.25, 0.3) is 11.1 Å². The molecule has 0 unspecified atom stereocenters. The molecule has 0 spiro atoms. The predicted octanol–water partition coefficient (Wildman–Crippen LogP) is 4.22. The van der Waals surface area contributed by atoms with E-state index in [1.54, 1.807) is 13.3 Å². The van der Waals surface area contributed by atoms with Crippen LogP contribution in [0.1, 0.15) is 30.7 Å². The van der Waals surface area contributed by atoms with E-state index in [1.807, 2.05) is 29.9 Å². The second-order valence-electron chi connectivity index (χ2n) is 9.14. The molecule has 0 amide bonds. The van der Waals surface area contributed by atoms with Gasteiger partial charge in [-0.05, 0) is 47.7 Å². The van der Waals surface area contributed by atoms with Crippen molar-refractivity contribution in [2.24, 2.45) is 18.9 Å². The summed E-state index contributed by atoms with van der Waals surface area (Å²) in [6, 6.07) is 17.0. The summed E-state index contributed by atoms with van der Waals surface area (Å²) in [6.45, 7) is 2.72. The number of hydrogen-bond acceptors (Lipinski definition) is 4. The molecule has 1 aliphatic heterocycles. The molecule has 31 heavy (non-hydrogen) atoms. The van der Waals surface area contributed by atoms with E-state index in [0.29, 0.717) is 0 Å². The number of rotatable bonds is 5. The van der Waals surface area contributed by atoms with Gasteiger partial charge in [0.25, 0.3) is 0 Å². The number of aromatic nitrogens is 2. The first-order valence-corrected chi connectivity index (χ1v) is 11.2. The van der Waals surface area contributed by atoms with Gasteiger partial charge in [-0.25, -0.2) is 4.98 Å². The maximum atomic E-state index is 11.8. The smallest absolute Gasteiger partial charge is 0.141 e. The van der Waals surface area contributed by atoms with Crippen molar-refractivity contribution in [3.63, 3.8) is 0 Å². The minimum atomic E-state index is -0.810. The molecule has 2 fully saturated rings. The van der Waals surface area contributed by atoms with Gasteiger partial charge in [0.15, 0.2) is 0 Å². The van der Waals surface area contributed by atoms with Gasteiger partial charge in [-0.3, -0.25) is 4.90 Å². The van der Waals surface area contributed by atoms with Crippen LogP contribution in [0, 0.1) is 11.8 Å². The van der Waals surface area contributed by atoms with E-state index >= 15 is 0 Å². The highest BCUT2D eigenvalue weighted by Gasteiger charge is 2.53. The summed E-state index contributed by atoms with van der Waals surface area (Å²) in [5.74, 6) is 2.16. The van der Waals surface area contributed by atoms with Crippen LogP contribution < -0.4 is 4.74 Å². The number of imidazole rings is 1. The minimum Gasteiger partial charge on any atom is -0.497 e. The van der Waals surface area contributed by atoms with Gasteiger partial charge in [-0.15, -0.1) is 0 Å². The SMILES string of the molecule is COc1cccc(-c2cccc(CN3C[C@@H]4CCC[C@@H](C3)C4(O)c3nccn3C)c2)c1. The summed E-state index contributed by atoms with van der Waals surface area (Å²) >= 11 is 0. The summed E-state index contributed by atoms with van der Waals surface area (Å²) in [5, 5.41) is 11.8. The monoisotopic (exact) mass is 417 g/mol. The van der Waals surface area contributed by atoms with Crippen molar-refractivity contribution in [1.29, 1.82) is 0 Å². The van der Waals surface area contributed by atoms with Crippen LogP contribution in [0.15, 0.2) is 60.9 Å². The number of benzene rings is 2. The van der Waals surface area contributed by atoms with Crippen molar-refractivity contribution in [3.8, 4) is 16.9 Å². The van der Waals surface area contributed by atoms with Crippen LogP contribution in [-0.2, 0) is 19.2 Å². The lowest BCUT2D eigenvalue weighted by Crippen LogP contribution is -2.58. The molecule has 162 valence electrons. The van der Waals surface area contributed by atoms with Crippen LogP contribution in [-0.4, -0.2) is 39.8 Å². The summed E-state index contributed by atoms with van der Waals surface area (Å²) in [6.07, 6.45) is 7.06. The molecule has 2 bridgehead atoms. The summed E-state index contributed by atoms with van der Waals surface area (Å²) in [5.41, 5.74) is 2.87. The molecule has 1 aliphatic carbocycles. The molecule has 2 atom stereocenters. The quantitative estimate of drug-likeness (QED) is 0.676. The number of likely N-dealkylation sites (tertiary alicyclic amines) is 1. The maximum absolute atomic E-state index is 11.8. The number of nitrogens with zero attached hydrogens (tertiary/aromatic N) is 3. The zero-order valence-electron chi connectivity index (χ0n) is 18.4. The Bertz CT molecular complexity index is 1050. The lowest BCUT2D eigenvalue weighted by molar-refractivity contribution is -0.155. The Morgan fingerprint density at radius 2 is 1.77 bits per heavy atom. The normalized spacial score (nSPS) is 26.0. The molecule has 5 nitrogen and oxygen atoms in total. The molecule has 1 N–H and O–H groups in total. The Balaban J connectivity index is 1.36. The van der Waals surface area contributed by atoms with Crippen LogP contribution in [0.2, 0.25) is 0 Å². The van der Waals surface area contributed by atoms with Crippen molar-refractivity contribution in [3.05, 3.63) is 72.3 Å². The minimum absolute atomic E-state index is 0.225. The number of methoxy groups -OCH3 is 1. The Hall–Kier alpha value is -2.63. The molecule has 5 heteroatoms. The first kappa shape index (κ1) is 20.3. The number of ether oxygens (including phenoxy) is 1. The van der Waals surface area contributed by atoms with Gasteiger partial charge in [0.05, 0.1) is 7.11 Å². The number of aliphatic hydroxyl groups is 1.